The second-order valence-electron chi connectivity index (χ2n) is 11.7. The second kappa shape index (κ2) is 13.3. The molecule has 2 fully saturated rings. The molecule has 0 aliphatic heterocycles. The number of hydrogen-bond acceptors (Lipinski definition) is 2. The first-order valence-electron chi connectivity index (χ1n) is 14.7. The summed E-state index contributed by atoms with van der Waals surface area (Å²) in [6.45, 7) is 6.38. The fourth-order valence-electron chi connectivity index (χ4n) is 6.46. The Morgan fingerprint density at radius 2 is 1.35 bits per heavy atom. The molecule has 2 aliphatic rings. The number of carbonyl (C=O) groups excluding carboxylic acids is 2. The lowest BCUT2D eigenvalue weighted by molar-refractivity contribution is -0.121. The van der Waals surface area contributed by atoms with Gasteiger partial charge in [-0.1, -0.05) is 51.5 Å². The number of amides is 2. The standard InChI is InChI=1S/C33H46N2O2/c1-4-5-6-7-25-9-11-26(12-10-25)27-13-15-28(16-14-27)32(36)34-30-20-17-29(18-21-30)33(37)35-31-19-8-23(2)24(3)22-31/h8,17-22,25-28H,4-7,9-16H2,1-3H3,(H,34,36)(H,35,37). The fourth-order valence-corrected chi connectivity index (χ4v) is 6.46. The number of aryl methyl sites for hydroxylation is 2. The largest absolute Gasteiger partial charge is 0.326 e. The van der Waals surface area contributed by atoms with Gasteiger partial charge < -0.3 is 10.6 Å². The summed E-state index contributed by atoms with van der Waals surface area (Å²) in [5, 5.41) is 6.05. The van der Waals surface area contributed by atoms with E-state index in [4.69, 9.17) is 0 Å². The molecule has 0 unspecified atom stereocenters. The summed E-state index contributed by atoms with van der Waals surface area (Å²) in [5.74, 6) is 2.76. The Morgan fingerprint density at radius 1 is 0.730 bits per heavy atom. The van der Waals surface area contributed by atoms with Gasteiger partial charge in [-0.25, -0.2) is 0 Å². The molecular weight excluding hydrogens is 456 g/mol. The molecule has 0 radical (unpaired) electrons. The van der Waals surface area contributed by atoms with Crippen LogP contribution in [-0.2, 0) is 4.79 Å². The van der Waals surface area contributed by atoms with Crippen LogP contribution in [0.1, 0.15) is 105 Å². The minimum atomic E-state index is -0.144. The monoisotopic (exact) mass is 502 g/mol. The van der Waals surface area contributed by atoms with E-state index in [-0.39, 0.29) is 17.7 Å². The van der Waals surface area contributed by atoms with Gasteiger partial charge in [-0.2, -0.15) is 0 Å². The highest BCUT2D eigenvalue weighted by molar-refractivity contribution is 6.04. The minimum Gasteiger partial charge on any atom is -0.326 e. The number of carbonyl (C=O) groups is 2. The summed E-state index contributed by atoms with van der Waals surface area (Å²) in [6.07, 6.45) is 15.6. The van der Waals surface area contributed by atoms with Crippen LogP contribution in [0.2, 0.25) is 0 Å². The predicted molar refractivity (Wildman–Crippen MR) is 154 cm³/mol. The van der Waals surface area contributed by atoms with Crippen LogP contribution < -0.4 is 10.6 Å². The lowest BCUT2D eigenvalue weighted by Crippen LogP contribution is -2.31. The van der Waals surface area contributed by atoms with Crippen LogP contribution in [0.4, 0.5) is 11.4 Å². The molecule has 0 saturated heterocycles. The van der Waals surface area contributed by atoms with Crippen molar-refractivity contribution in [1.82, 2.24) is 0 Å². The molecule has 2 aliphatic carbocycles. The van der Waals surface area contributed by atoms with E-state index in [1.54, 1.807) is 12.1 Å². The first-order valence-corrected chi connectivity index (χ1v) is 14.7. The number of rotatable bonds is 9. The number of hydrogen-bond donors (Lipinski definition) is 2. The maximum Gasteiger partial charge on any atom is 0.255 e. The van der Waals surface area contributed by atoms with Gasteiger partial charge in [-0.3, -0.25) is 9.59 Å². The molecule has 0 atom stereocenters. The molecule has 0 bridgehead atoms. The molecule has 2 N–H and O–H groups in total. The van der Waals surface area contributed by atoms with Crippen LogP contribution in [0.15, 0.2) is 42.5 Å². The topological polar surface area (TPSA) is 58.2 Å². The third kappa shape index (κ3) is 7.69. The smallest absolute Gasteiger partial charge is 0.255 e. The molecule has 2 aromatic carbocycles. The van der Waals surface area contributed by atoms with Crippen LogP contribution in [0.25, 0.3) is 0 Å². The minimum absolute atomic E-state index is 0.106. The van der Waals surface area contributed by atoms with E-state index in [0.717, 1.165) is 47.5 Å². The van der Waals surface area contributed by atoms with Crippen LogP contribution >= 0.6 is 0 Å². The van der Waals surface area contributed by atoms with Gasteiger partial charge in [-0.05, 0) is 118 Å². The summed E-state index contributed by atoms with van der Waals surface area (Å²) >= 11 is 0. The molecule has 4 heteroatoms. The molecule has 4 nitrogen and oxygen atoms in total. The highest BCUT2D eigenvalue weighted by Crippen LogP contribution is 2.42. The van der Waals surface area contributed by atoms with E-state index in [1.165, 1.54) is 69.8 Å². The lowest BCUT2D eigenvalue weighted by Gasteiger charge is -2.37. The van der Waals surface area contributed by atoms with Gasteiger partial charge in [-0.15, -0.1) is 0 Å². The summed E-state index contributed by atoms with van der Waals surface area (Å²) in [5.41, 5.74) is 4.48. The van der Waals surface area contributed by atoms with Crippen molar-refractivity contribution in [3.8, 4) is 0 Å². The Bertz CT molecular complexity index is 1030. The Kier molecular flexibility index (Phi) is 9.82. The SMILES string of the molecule is CCCCCC1CCC(C2CCC(C(=O)Nc3ccc(C(=O)Nc4ccc(C)c(C)c4)cc3)CC2)CC1. The summed E-state index contributed by atoms with van der Waals surface area (Å²) in [6, 6.07) is 13.1. The van der Waals surface area contributed by atoms with Gasteiger partial charge in [0.15, 0.2) is 0 Å². The van der Waals surface area contributed by atoms with E-state index in [2.05, 4.69) is 24.5 Å². The zero-order valence-electron chi connectivity index (χ0n) is 23.2. The fraction of sp³-hybridized carbons (Fsp3) is 0.576. The van der Waals surface area contributed by atoms with Crippen LogP contribution in [0.3, 0.4) is 0 Å². The molecule has 4 rings (SSSR count). The average Bonchev–Trinajstić information content (AvgIpc) is 2.92. The van der Waals surface area contributed by atoms with Gasteiger partial charge in [0.2, 0.25) is 5.91 Å². The molecule has 0 heterocycles. The lowest BCUT2D eigenvalue weighted by atomic mass is 9.68. The van der Waals surface area contributed by atoms with E-state index in [9.17, 15) is 9.59 Å². The van der Waals surface area contributed by atoms with Gasteiger partial charge >= 0.3 is 0 Å². The van der Waals surface area contributed by atoms with Crippen molar-refractivity contribution in [1.29, 1.82) is 0 Å². The maximum absolute atomic E-state index is 12.9. The number of unbranched alkanes of at least 4 members (excludes halogenated alkanes) is 2. The van der Waals surface area contributed by atoms with E-state index < -0.39 is 0 Å². The van der Waals surface area contributed by atoms with Crippen molar-refractivity contribution >= 4 is 23.2 Å². The maximum atomic E-state index is 12.9. The first-order chi connectivity index (χ1) is 17.9. The molecule has 2 amide bonds. The molecular formula is C33H46N2O2. The summed E-state index contributed by atoms with van der Waals surface area (Å²) in [4.78, 5) is 25.6. The van der Waals surface area contributed by atoms with Crippen LogP contribution in [0, 0.1) is 37.5 Å². The molecule has 2 saturated carbocycles. The van der Waals surface area contributed by atoms with E-state index in [0.29, 0.717) is 5.56 Å². The van der Waals surface area contributed by atoms with Crippen molar-refractivity contribution in [2.45, 2.75) is 97.8 Å². The summed E-state index contributed by atoms with van der Waals surface area (Å²) < 4.78 is 0. The van der Waals surface area contributed by atoms with Gasteiger partial charge in [0.1, 0.15) is 0 Å². The van der Waals surface area contributed by atoms with E-state index >= 15 is 0 Å². The molecule has 2 aromatic rings. The van der Waals surface area contributed by atoms with Gasteiger partial charge in [0, 0.05) is 22.9 Å². The highest BCUT2D eigenvalue weighted by atomic mass is 16.2. The second-order valence-corrected chi connectivity index (χ2v) is 11.7. The Labute approximate surface area is 224 Å². The highest BCUT2D eigenvalue weighted by Gasteiger charge is 2.32. The number of nitrogens with one attached hydrogen (secondary N) is 2. The van der Waals surface area contributed by atoms with E-state index in [1.807, 2.05) is 37.3 Å². The summed E-state index contributed by atoms with van der Waals surface area (Å²) in [7, 11) is 0. The van der Waals surface area contributed by atoms with Crippen molar-refractivity contribution in [3.63, 3.8) is 0 Å². The predicted octanol–water partition coefficient (Wildman–Crippen LogP) is 8.69. The van der Waals surface area contributed by atoms with Gasteiger partial charge in [0.05, 0.1) is 0 Å². The molecule has 37 heavy (non-hydrogen) atoms. The van der Waals surface area contributed by atoms with Gasteiger partial charge in [0.25, 0.3) is 5.91 Å². The van der Waals surface area contributed by atoms with Crippen molar-refractivity contribution in [3.05, 3.63) is 59.2 Å². The third-order valence-corrected chi connectivity index (χ3v) is 9.10. The first kappa shape index (κ1) is 27.4. The van der Waals surface area contributed by atoms with Crippen molar-refractivity contribution < 1.29 is 9.59 Å². The van der Waals surface area contributed by atoms with Crippen molar-refractivity contribution in [2.75, 3.05) is 10.6 Å². The normalized spacial score (nSPS) is 23.9. The number of anilines is 2. The zero-order chi connectivity index (χ0) is 26.2. The van der Waals surface area contributed by atoms with Crippen LogP contribution in [0.5, 0.6) is 0 Å². The molecule has 200 valence electrons. The molecule has 0 spiro atoms. The third-order valence-electron chi connectivity index (χ3n) is 9.10. The van der Waals surface area contributed by atoms with Crippen molar-refractivity contribution in [2.24, 2.45) is 23.7 Å². The Balaban J connectivity index is 1.19. The Hall–Kier alpha value is -2.62. The van der Waals surface area contributed by atoms with Crippen LogP contribution in [-0.4, -0.2) is 11.8 Å². The Morgan fingerprint density at radius 3 is 1.97 bits per heavy atom. The zero-order valence-corrected chi connectivity index (χ0v) is 23.2. The average molecular weight is 503 g/mol. The number of benzene rings is 2. The quantitative estimate of drug-likeness (QED) is 0.337. The molecule has 0 aromatic heterocycles.